The molecule has 0 bridgehead atoms. The molecule has 1 heterocycles. The number of nitrogens with zero attached hydrogens (tertiary/aromatic N) is 1. The van der Waals surface area contributed by atoms with Crippen LogP contribution in [0.15, 0.2) is 18.2 Å². The minimum Gasteiger partial charge on any atom is -0.330 e. The number of fused-ring (bicyclic) bond motifs is 1. The van der Waals surface area contributed by atoms with Gasteiger partial charge in [0.15, 0.2) is 0 Å². The first-order chi connectivity index (χ1) is 7.63. The molecule has 0 spiro atoms. The Kier molecular flexibility index (Phi) is 3.13. The summed E-state index contributed by atoms with van der Waals surface area (Å²) in [5, 5.41) is 1.94. The zero-order chi connectivity index (χ0) is 11.7. The normalized spacial score (nSPS) is 11.0. The molecule has 0 unspecified atom stereocenters. The van der Waals surface area contributed by atoms with E-state index >= 15 is 0 Å². The third-order valence-electron chi connectivity index (χ3n) is 2.83. The molecular weight excluding hydrogens is 220 g/mol. The van der Waals surface area contributed by atoms with Gasteiger partial charge in [0.05, 0.1) is 5.52 Å². The van der Waals surface area contributed by atoms with Crippen molar-refractivity contribution in [2.75, 3.05) is 6.54 Å². The molecule has 0 aliphatic carbocycles. The van der Waals surface area contributed by atoms with E-state index in [2.05, 4.69) is 18.0 Å². The third-order valence-corrected chi connectivity index (χ3v) is 3.24. The average Bonchev–Trinajstić information content (AvgIpc) is 2.25. The second-order valence-corrected chi connectivity index (χ2v) is 4.44. The molecule has 0 fully saturated rings. The van der Waals surface area contributed by atoms with Crippen molar-refractivity contribution in [3.8, 4) is 0 Å². The van der Waals surface area contributed by atoms with Crippen molar-refractivity contribution in [2.24, 2.45) is 5.73 Å². The number of pyridine rings is 1. The van der Waals surface area contributed by atoms with Crippen molar-refractivity contribution in [1.82, 2.24) is 4.98 Å². The summed E-state index contributed by atoms with van der Waals surface area (Å²) in [6, 6.07) is 6.05. The lowest BCUT2D eigenvalue weighted by Crippen LogP contribution is -2.05. The second-order valence-electron chi connectivity index (χ2n) is 4.04. The molecule has 0 saturated heterocycles. The molecule has 2 aromatic rings. The molecule has 3 heteroatoms. The molecule has 2 nitrogen and oxygen atoms in total. The number of rotatable bonds is 2. The summed E-state index contributed by atoms with van der Waals surface area (Å²) in [5.41, 5.74) is 9.87. The lowest BCUT2D eigenvalue weighted by Gasteiger charge is -2.09. The van der Waals surface area contributed by atoms with Crippen LogP contribution < -0.4 is 5.73 Å². The van der Waals surface area contributed by atoms with Crippen LogP contribution in [0.3, 0.4) is 0 Å². The van der Waals surface area contributed by atoms with Gasteiger partial charge in [-0.25, -0.2) is 0 Å². The molecule has 1 aromatic carbocycles. The molecule has 0 atom stereocenters. The molecule has 2 N–H and O–H groups in total. The van der Waals surface area contributed by atoms with Crippen molar-refractivity contribution < 1.29 is 0 Å². The summed E-state index contributed by atoms with van der Waals surface area (Å²) in [6.45, 7) is 4.72. The Morgan fingerprint density at radius 1 is 1.31 bits per heavy atom. The van der Waals surface area contributed by atoms with E-state index in [-0.39, 0.29) is 0 Å². The molecule has 0 aliphatic heterocycles. The van der Waals surface area contributed by atoms with E-state index in [9.17, 15) is 0 Å². The highest BCUT2D eigenvalue weighted by Crippen LogP contribution is 2.26. The Hall–Kier alpha value is -1.12. The van der Waals surface area contributed by atoms with Gasteiger partial charge in [0.25, 0.3) is 0 Å². The van der Waals surface area contributed by atoms with Crippen LogP contribution in [0.1, 0.15) is 16.8 Å². The van der Waals surface area contributed by atoms with Gasteiger partial charge in [-0.2, -0.15) is 0 Å². The smallest absolute Gasteiger partial charge is 0.0751 e. The number of aryl methyl sites for hydroxylation is 2. The molecule has 0 saturated carbocycles. The monoisotopic (exact) mass is 234 g/mol. The van der Waals surface area contributed by atoms with Crippen molar-refractivity contribution >= 4 is 22.5 Å². The summed E-state index contributed by atoms with van der Waals surface area (Å²) in [7, 11) is 0. The SMILES string of the molecule is Cc1cc(CCN)nc2c(C)c(Cl)ccc12. The first-order valence-corrected chi connectivity index (χ1v) is 5.76. The Balaban J connectivity index is 2.73. The maximum absolute atomic E-state index is 6.10. The van der Waals surface area contributed by atoms with Crippen LogP contribution in [0.5, 0.6) is 0 Å². The Labute approximate surface area is 100 Å². The summed E-state index contributed by atoms with van der Waals surface area (Å²) < 4.78 is 0. The topological polar surface area (TPSA) is 38.9 Å². The molecule has 0 amide bonds. The van der Waals surface area contributed by atoms with Crippen molar-refractivity contribution in [3.05, 3.63) is 40.0 Å². The Bertz CT molecular complexity index is 535. The van der Waals surface area contributed by atoms with Gasteiger partial charge in [-0.15, -0.1) is 0 Å². The first kappa shape index (κ1) is 11.4. The molecule has 0 radical (unpaired) electrons. The quantitative estimate of drug-likeness (QED) is 0.868. The lowest BCUT2D eigenvalue weighted by molar-refractivity contribution is 0.929. The summed E-state index contributed by atoms with van der Waals surface area (Å²) in [4.78, 5) is 4.62. The van der Waals surface area contributed by atoms with Crippen LogP contribution in [0.4, 0.5) is 0 Å². The standard InChI is InChI=1S/C13H15ClN2/c1-8-7-10(5-6-15)16-13-9(2)12(14)4-3-11(8)13/h3-4,7H,5-6,15H2,1-2H3. The number of benzene rings is 1. The number of hydrogen-bond acceptors (Lipinski definition) is 2. The van der Waals surface area contributed by atoms with Crippen LogP contribution in [0.25, 0.3) is 10.9 Å². The van der Waals surface area contributed by atoms with Gasteiger partial charge in [0.1, 0.15) is 0 Å². The fourth-order valence-electron chi connectivity index (χ4n) is 1.92. The fourth-order valence-corrected chi connectivity index (χ4v) is 2.07. The van der Waals surface area contributed by atoms with E-state index in [1.54, 1.807) is 0 Å². The zero-order valence-electron chi connectivity index (χ0n) is 9.55. The minimum absolute atomic E-state index is 0.623. The fraction of sp³-hybridized carbons (Fsp3) is 0.308. The van der Waals surface area contributed by atoms with Crippen LogP contribution in [-0.2, 0) is 6.42 Å². The van der Waals surface area contributed by atoms with Gasteiger partial charge >= 0.3 is 0 Å². The molecular formula is C13H15ClN2. The average molecular weight is 235 g/mol. The van der Waals surface area contributed by atoms with E-state index < -0.39 is 0 Å². The lowest BCUT2D eigenvalue weighted by atomic mass is 10.0. The van der Waals surface area contributed by atoms with Gasteiger partial charge in [-0.3, -0.25) is 4.98 Å². The number of aromatic nitrogens is 1. The summed E-state index contributed by atoms with van der Waals surface area (Å²) in [5.74, 6) is 0. The van der Waals surface area contributed by atoms with Gasteiger partial charge in [0, 0.05) is 22.5 Å². The maximum Gasteiger partial charge on any atom is 0.0751 e. The van der Waals surface area contributed by atoms with Gasteiger partial charge in [0.2, 0.25) is 0 Å². The van der Waals surface area contributed by atoms with Crippen LogP contribution >= 0.6 is 11.6 Å². The van der Waals surface area contributed by atoms with Crippen molar-refractivity contribution in [1.29, 1.82) is 0 Å². The first-order valence-electron chi connectivity index (χ1n) is 5.39. The van der Waals surface area contributed by atoms with Crippen molar-refractivity contribution in [3.63, 3.8) is 0 Å². The van der Waals surface area contributed by atoms with Crippen LogP contribution in [-0.4, -0.2) is 11.5 Å². The molecule has 84 valence electrons. The molecule has 1 aromatic heterocycles. The predicted octanol–water partition coefficient (Wildman–Crippen LogP) is 3.01. The zero-order valence-corrected chi connectivity index (χ0v) is 10.3. The molecule has 2 rings (SSSR count). The molecule has 16 heavy (non-hydrogen) atoms. The summed E-state index contributed by atoms with van der Waals surface area (Å²) >= 11 is 6.10. The highest BCUT2D eigenvalue weighted by atomic mass is 35.5. The third kappa shape index (κ3) is 1.91. The van der Waals surface area contributed by atoms with Crippen LogP contribution in [0, 0.1) is 13.8 Å². The van der Waals surface area contributed by atoms with E-state index in [0.717, 1.165) is 28.2 Å². The number of nitrogens with two attached hydrogens (primary N) is 1. The largest absolute Gasteiger partial charge is 0.330 e. The Morgan fingerprint density at radius 3 is 2.75 bits per heavy atom. The van der Waals surface area contributed by atoms with E-state index in [1.807, 2.05) is 19.1 Å². The minimum atomic E-state index is 0.623. The van der Waals surface area contributed by atoms with E-state index in [4.69, 9.17) is 17.3 Å². The van der Waals surface area contributed by atoms with E-state index in [1.165, 1.54) is 10.9 Å². The number of halogens is 1. The van der Waals surface area contributed by atoms with Crippen molar-refractivity contribution in [2.45, 2.75) is 20.3 Å². The molecule has 0 aliphatic rings. The van der Waals surface area contributed by atoms with Gasteiger partial charge in [-0.05, 0) is 43.7 Å². The van der Waals surface area contributed by atoms with Crippen LogP contribution in [0.2, 0.25) is 5.02 Å². The van der Waals surface area contributed by atoms with Gasteiger partial charge in [-0.1, -0.05) is 17.7 Å². The highest BCUT2D eigenvalue weighted by Gasteiger charge is 2.07. The van der Waals surface area contributed by atoms with E-state index in [0.29, 0.717) is 6.54 Å². The number of hydrogen-bond donors (Lipinski definition) is 1. The second kappa shape index (κ2) is 4.40. The van der Waals surface area contributed by atoms with Gasteiger partial charge < -0.3 is 5.73 Å². The maximum atomic E-state index is 6.10. The highest BCUT2D eigenvalue weighted by molar-refractivity contribution is 6.32. The Morgan fingerprint density at radius 2 is 2.06 bits per heavy atom. The predicted molar refractivity (Wildman–Crippen MR) is 69.0 cm³/mol. The summed E-state index contributed by atoms with van der Waals surface area (Å²) in [6.07, 6.45) is 0.808.